The van der Waals surface area contributed by atoms with Gasteiger partial charge in [0.25, 0.3) is 11.8 Å². The van der Waals surface area contributed by atoms with Crippen molar-refractivity contribution in [2.75, 3.05) is 18.4 Å². The van der Waals surface area contributed by atoms with Crippen molar-refractivity contribution >= 4 is 17.5 Å². The fourth-order valence-corrected chi connectivity index (χ4v) is 2.53. The Bertz CT molecular complexity index is 735. The van der Waals surface area contributed by atoms with Crippen LogP contribution in [-0.4, -0.2) is 34.8 Å². The van der Waals surface area contributed by atoms with Crippen LogP contribution in [0.3, 0.4) is 0 Å². The van der Waals surface area contributed by atoms with E-state index in [1.807, 2.05) is 38.1 Å². The van der Waals surface area contributed by atoms with Crippen molar-refractivity contribution in [1.29, 1.82) is 0 Å². The number of amides is 2. The van der Waals surface area contributed by atoms with E-state index in [4.69, 9.17) is 0 Å². The van der Waals surface area contributed by atoms with Crippen LogP contribution in [0.15, 0.2) is 42.6 Å². The largest absolute Gasteiger partial charge is 0.339 e. The molecule has 0 saturated carbocycles. The van der Waals surface area contributed by atoms with Gasteiger partial charge in [-0.1, -0.05) is 26.0 Å². The van der Waals surface area contributed by atoms with Crippen molar-refractivity contribution in [3.05, 3.63) is 59.4 Å². The topological polar surface area (TPSA) is 62.3 Å². The fraction of sp³-hybridized carbons (Fsp3) is 0.350. The highest BCUT2D eigenvalue weighted by Crippen LogP contribution is 2.17. The van der Waals surface area contributed by atoms with Crippen LogP contribution in [0, 0.1) is 0 Å². The SMILES string of the molecule is CCN(CC)C(=O)c1ccnc(C(=O)Nc2ccc(C(C)C)cc2)c1. The first-order valence-electron chi connectivity index (χ1n) is 8.62. The third-order valence-electron chi connectivity index (χ3n) is 4.13. The van der Waals surface area contributed by atoms with E-state index in [-0.39, 0.29) is 17.5 Å². The summed E-state index contributed by atoms with van der Waals surface area (Å²) >= 11 is 0. The maximum Gasteiger partial charge on any atom is 0.274 e. The molecule has 25 heavy (non-hydrogen) atoms. The predicted molar refractivity (Wildman–Crippen MR) is 100.0 cm³/mol. The predicted octanol–water partition coefficient (Wildman–Crippen LogP) is 3.94. The molecule has 2 amide bonds. The molecule has 1 aromatic carbocycles. The quantitative estimate of drug-likeness (QED) is 0.867. The molecule has 0 aliphatic carbocycles. The third kappa shape index (κ3) is 4.66. The summed E-state index contributed by atoms with van der Waals surface area (Å²) in [5.41, 5.74) is 2.62. The lowest BCUT2D eigenvalue weighted by molar-refractivity contribution is 0.0773. The van der Waals surface area contributed by atoms with Crippen LogP contribution in [-0.2, 0) is 0 Å². The van der Waals surface area contributed by atoms with Crippen LogP contribution in [0.1, 0.15) is 60.0 Å². The second kappa shape index (κ2) is 8.42. The number of aromatic nitrogens is 1. The zero-order valence-electron chi connectivity index (χ0n) is 15.2. The number of nitrogens with zero attached hydrogens (tertiary/aromatic N) is 2. The van der Waals surface area contributed by atoms with Crippen molar-refractivity contribution in [2.45, 2.75) is 33.6 Å². The molecule has 2 rings (SSSR count). The summed E-state index contributed by atoms with van der Waals surface area (Å²) in [5, 5.41) is 2.82. The van der Waals surface area contributed by atoms with Crippen molar-refractivity contribution in [2.24, 2.45) is 0 Å². The molecule has 132 valence electrons. The molecule has 0 aliphatic rings. The molecular weight excluding hydrogens is 314 g/mol. The molecule has 1 heterocycles. The standard InChI is InChI=1S/C20H25N3O2/c1-5-23(6-2)20(25)16-11-12-21-18(13-16)19(24)22-17-9-7-15(8-10-17)14(3)4/h7-14H,5-6H2,1-4H3,(H,22,24). The Balaban J connectivity index is 2.14. The van der Waals surface area contributed by atoms with Crippen molar-refractivity contribution in [1.82, 2.24) is 9.88 Å². The van der Waals surface area contributed by atoms with Gasteiger partial charge < -0.3 is 10.2 Å². The van der Waals surface area contributed by atoms with Crippen molar-refractivity contribution in [3.8, 4) is 0 Å². The molecule has 0 fully saturated rings. The van der Waals surface area contributed by atoms with Gasteiger partial charge in [-0.25, -0.2) is 0 Å². The number of hydrogen-bond donors (Lipinski definition) is 1. The van der Waals surface area contributed by atoms with Gasteiger partial charge in [-0.2, -0.15) is 0 Å². The summed E-state index contributed by atoms with van der Waals surface area (Å²) in [5.74, 6) is 0.0171. The van der Waals surface area contributed by atoms with Gasteiger partial charge in [-0.15, -0.1) is 0 Å². The van der Waals surface area contributed by atoms with Crippen molar-refractivity contribution < 1.29 is 9.59 Å². The van der Waals surface area contributed by atoms with Gasteiger partial charge in [0.2, 0.25) is 0 Å². The molecule has 5 nitrogen and oxygen atoms in total. The lowest BCUT2D eigenvalue weighted by atomic mass is 10.0. The second-order valence-electron chi connectivity index (χ2n) is 6.14. The minimum Gasteiger partial charge on any atom is -0.339 e. The fourth-order valence-electron chi connectivity index (χ4n) is 2.53. The van der Waals surface area contributed by atoms with Crippen molar-refractivity contribution in [3.63, 3.8) is 0 Å². The molecule has 1 N–H and O–H groups in total. The maximum absolute atomic E-state index is 12.4. The van der Waals surface area contributed by atoms with Crippen LogP contribution in [0.4, 0.5) is 5.69 Å². The molecule has 5 heteroatoms. The lowest BCUT2D eigenvalue weighted by Gasteiger charge is -2.18. The van der Waals surface area contributed by atoms with Gasteiger partial charge in [0.15, 0.2) is 0 Å². The first-order chi connectivity index (χ1) is 12.0. The first kappa shape index (κ1) is 18.6. The molecule has 0 saturated heterocycles. The van der Waals surface area contributed by atoms with Crippen LogP contribution >= 0.6 is 0 Å². The molecule has 0 unspecified atom stereocenters. The Morgan fingerprint density at radius 3 is 2.28 bits per heavy atom. The Kier molecular flexibility index (Phi) is 6.28. The Labute approximate surface area is 149 Å². The minimum absolute atomic E-state index is 0.0947. The highest BCUT2D eigenvalue weighted by Gasteiger charge is 2.15. The normalized spacial score (nSPS) is 10.6. The summed E-state index contributed by atoms with van der Waals surface area (Å²) in [6, 6.07) is 10.9. The number of carbonyl (C=O) groups is 2. The van der Waals surface area contributed by atoms with E-state index in [0.29, 0.717) is 30.3 Å². The molecule has 0 aliphatic heterocycles. The molecule has 0 radical (unpaired) electrons. The highest BCUT2D eigenvalue weighted by atomic mass is 16.2. The molecule has 0 bridgehead atoms. The summed E-state index contributed by atoms with van der Waals surface area (Å²) in [4.78, 5) is 30.6. The number of carbonyl (C=O) groups excluding carboxylic acids is 2. The monoisotopic (exact) mass is 339 g/mol. The zero-order valence-corrected chi connectivity index (χ0v) is 15.2. The number of nitrogens with one attached hydrogen (secondary N) is 1. The molecule has 2 aromatic rings. The summed E-state index contributed by atoms with van der Waals surface area (Å²) in [6.07, 6.45) is 1.49. The molecule has 1 aromatic heterocycles. The van der Waals surface area contributed by atoms with Gasteiger partial charge in [0, 0.05) is 30.5 Å². The third-order valence-corrected chi connectivity index (χ3v) is 4.13. The Morgan fingerprint density at radius 2 is 1.72 bits per heavy atom. The average molecular weight is 339 g/mol. The van der Waals surface area contributed by atoms with E-state index in [1.165, 1.54) is 11.8 Å². The summed E-state index contributed by atoms with van der Waals surface area (Å²) < 4.78 is 0. The maximum atomic E-state index is 12.4. The minimum atomic E-state index is -0.327. The summed E-state index contributed by atoms with van der Waals surface area (Å²) in [7, 11) is 0. The van der Waals surface area contributed by atoms with E-state index in [9.17, 15) is 9.59 Å². The molecule has 0 spiro atoms. The number of pyridine rings is 1. The van der Waals surface area contributed by atoms with Gasteiger partial charge in [-0.05, 0) is 49.6 Å². The van der Waals surface area contributed by atoms with E-state index in [1.54, 1.807) is 17.0 Å². The van der Waals surface area contributed by atoms with Gasteiger partial charge >= 0.3 is 0 Å². The van der Waals surface area contributed by atoms with E-state index in [0.717, 1.165) is 0 Å². The number of hydrogen-bond acceptors (Lipinski definition) is 3. The van der Waals surface area contributed by atoms with E-state index < -0.39 is 0 Å². The second-order valence-corrected chi connectivity index (χ2v) is 6.14. The van der Waals surface area contributed by atoms with E-state index in [2.05, 4.69) is 24.1 Å². The van der Waals surface area contributed by atoms with Gasteiger partial charge in [-0.3, -0.25) is 14.6 Å². The summed E-state index contributed by atoms with van der Waals surface area (Å²) in [6.45, 7) is 9.35. The van der Waals surface area contributed by atoms with Gasteiger partial charge in [0.05, 0.1) is 0 Å². The molecule has 0 atom stereocenters. The highest BCUT2D eigenvalue weighted by molar-refractivity contribution is 6.04. The Morgan fingerprint density at radius 1 is 1.08 bits per heavy atom. The van der Waals surface area contributed by atoms with Crippen LogP contribution in [0.5, 0.6) is 0 Å². The van der Waals surface area contributed by atoms with Crippen LogP contribution < -0.4 is 5.32 Å². The Hall–Kier alpha value is -2.69. The van der Waals surface area contributed by atoms with Crippen LogP contribution in [0.25, 0.3) is 0 Å². The van der Waals surface area contributed by atoms with Gasteiger partial charge in [0.1, 0.15) is 5.69 Å². The first-order valence-corrected chi connectivity index (χ1v) is 8.62. The average Bonchev–Trinajstić information content (AvgIpc) is 2.63. The molecular formula is C20H25N3O2. The lowest BCUT2D eigenvalue weighted by Crippen LogP contribution is -2.30. The number of anilines is 1. The van der Waals surface area contributed by atoms with E-state index >= 15 is 0 Å². The zero-order chi connectivity index (χ0) is 18.4. The number of rotatable bonds is 6. The van der Waals surface area contributed by atoms with Crippen LogP contribution in [0.2, 0.25) is 0 Å². The smallest absolute Gasteiger partial charge is 0.274 e. The number of benzene rings is 1.